The highest BCUT2D eigenvalue weighted by Gasteiger charge is 2.30. The van der Waals surface area contributed by atoms with Gasteiger partial charge >= 0.3 is 0 Å². The largest absolute Gasteiger partial charge is 0.507 e. The highest BCUT2D eigenvalue weighted by molar-refractivity contribution is 6.43. The minimum Gasteiger partial charge on any atom is -0.507 e. The molecule has 0 saturated carbocycles. The summed E-state index contributed by atoms with van der Waals surface area (Å²) in [5.41, 5.74) is 9.05. The molecule has 6 heteroatoms. The molecule has 0 spiro atoms. The van der Waals surface area contributed by atoms with Gasteiger partial charge in [-0.3, -0.25) is 0 Å². The quantitative estimate of drug-likeness (QED) is 0.171. The van der Waals surface area contributed by atoms with Crippen LogP contribution in [0.1, 0.15) is 97.2 Å². The maximum absolute atomic E-state index is 12.7. The van der Waals surface area contributed by atoms with Crippen molar-refractivity contribution in [2.24, 2.45) is 0 Å². The van der Waals surface area contributed by atoms with Crippen LogP contribution in [-0.2, 0) is 36.5 Å². The van der Waals surface area contributed by atoms with Crippen LogP contribution in [0.2, 0.25) is 0 Å². The van der Waals surface area contributed by atoms with Gasteiger partial charge in [0.25, 0.3) is 0 Å². The van der Waals surface area contributed by atoms with Crippen LogP contribution in [0.25, 0.3) is 86.2 Å². The Kier molecular flexibility index (Phi) is 10.1. The molecule has 14 aromatic carbocycles. The highest BCUT2D eigenvalue weighted by atomic mass is 16.5. The Balaban J connectivity index is 1.17. The van der Waals surface area contributed by atoms with Crippen LogP contribution in [0.4, 0.5) is 0 Å². The van der Waals surface area contributed by atoms with Crippen LogP contribution in [0.3, 0.4) is 0 Å². The predicted octanol–water partition coefficient (Wildman–Crippen LogP) is 16.5. The first-order valence-corrected chi connectivity index (χ1v) is 25.8. The molecule has 0 saturated heterocycles. The number of phenolic OH excluding ortho intramolecular Hbond substituents is 2. The molecule has 0 aliphatic heterocycles. The molecule has 0 unspecified atom stereocenters. The van der Waals surface area contributed by atoms with Crippen molar-refractivity contribution < 1.29 is 29.2 Å². The Hall–Kier alpha value is -7.96. The van der Waals surface area contributed by atoms with E-state index >= 15 is 0 Å². The van der Waals surface area contributed by atoms with Crippen LogP contribution in [-0.4, -0.2) is 38.7 Å². The second-order valence-electron chi connectivity index (χ2n) is 22.8. The van der Waals surface area contributed by atoms with Gasteiger partial charge < -0.3 is 29.2 Å². The number of hydrogen-bond acceptors (Lipinski definition) is 6. The van der Waals surface area contributed by atoms with E-state index < -0.39 is 0 Å². The summed E-state index contributed by atoms with van der Waals surface area (Å²) >= 11 is 0. The first kappa shape index (κ1) is 45.9. The second-order valence-corrected chi connectivity index (χ2v) is 22.8. The molecule has 14 aromatic rings. The molecule has 16 bridgehead atoms. The third-order valence-electron chi connectivity index (χ3n) is 16.6. The Morgan fingerprint density at radius 2 is 0.541 bits per heavy atom. The van der Waals surface area contributed by atoms with Gasteiger partial charge in [0.15, 0.2) is 0 Å². The van der Waals surface area contributed by atoms with E-state index in [9.17, 15) is 10.2 Å². The van der Waals surface area contributed by atoms with E-state index in [0.717, 1.165) is 154 Å². The normalized spacial score (nSPS) is 13.4. The van der Waals surface area contributed by atoms with E-state index in [2.05, 4.69) is 163 Å². The maximum Gasteiger partial charge on any atom is 0.130 e. The van der Waals surface area contributed by atoms with Gasteiger partial charge in [-0.25, -0.2) is 0 Å². The molecule has 368 valence electrons. The molecule has 0 amide bonds. The lowest BCUT2D eigenvalue weighted by molar-refractivity contribution is 0.414. The number of rotatable bonds is 4. The highest BCUT2D eigenvalue weighted by Crippen LogP contribution is 2.55. The van der Waals surface area contributed by atoms with E-state index in [-0.39, 0.29) is 22.3 Å². The number of benzene rings is 14. The van der Waals surface area contributed by atoms with Crippen LogP contribution >= 0.6 is 0 Å². The molecule has 0 aromatic heterocycles. The van der Waals surface area contributed by atoms with Crippen LogP contribution in [0.15, 0.2) is 121 Å². The van der Waals surface area contributed by atoms with Gasteiger partial charge in [0.2, 0.25) is 0 Å². The third-order valence-corrected chi connectivity index (χ3v) is 16.6. The standard InChI is InChI=1S/C68H60O6/c1-67(2,3)43-31-39-27-35-19-23-49-53-45-15-11-13-17-47(45)55(57(49)63(35)71-7)59-51(53)25-21-37(65(59)73-9)29-41-33-44(68(4,5)6)34-42(62(41)70)30-38-22-26-52-54-46-16-12-14-18-48(46)56(60(52)66(38)74-10)58-50(54)24-20-36(64(58)72-8)28-40(32-43)61(39)69/h11-26,31-34,69-70H,27-30H2,1-10H3. The topological polar surface area (TPSA) is 77.4 Å². The molecule has 0 atom stereocenters. The molecule has 6 nitrogen and oxygen atoms in total. The van der Waals surface area contributed by atoms with Crippen molar-refractivity contribution in [2.75, 3.05) is 28.4 Å². The number of phenols is 2. The molecule has 15 rings (SSSR count). The van der Waals surface area contributed by atoms with E-state index in [1.165, 1.54) is 10.8 Å². The lowest BCUT2D eigenvalue weighted by Crippen LogP contribution is -2.13. The Labute approximate surface area is 431 Å². The summed E-state index contributed by atoms with van der Waals surface area (Å²) in [6.45, 7) is 13.4. The Morgan fingerprint density at radius 1 is 0.297 bits per heavy atom. The summed E-state index contributed by atoms with van der Waals surface area (Å²) in [5, 5.41) is 42.9. The van der Waals surface area contributed by atoms with Gasteiger partial charge in [-0.15, -0.1) is 0 Å². The average Bonchev–Trinajstić information content (AvgIpc) is 3.40. The first-order chi connectivity index (χ1) is 35.6. The molecule has 0 fully saturated rings. The lowest BCUT2D eigenvalue weighted by atomic mass is 9.80. The monoisotopic (exact) mass is 972 g/mol. The van der Waals surface area contributed by atoms with E-state index in [0.29, 0.717) is 25.7 Å². The molecule has 74 heavy (non-hydrogen) atoms. The molecular formula is C68H60O6. The van der Waals surface area contributed by atoms with Gasteiger partial charge in [0.1, 0.15) is 34.5 Å². The van der Waals surface area contributed by atoms with Crippen LogP contribution in [0, 0.1) is 0 Å². The van der Waals surface area contributed by atoms with Crippen LogP contribution in [0.5, 0.6) is 34.5 Å². The van der Waals surface area contributed by atoms with Crippen molar-refractivity contribution in [3.05, 3.63) is 177 Å². The fourth-order valence-electron chi connectivity index (χ4n) is 13.1. The SMILES string of the molecule is COc1c2ccc3c1c1c4ccccc4c3c3ccc(c(OC)c31)Cc1cc(C(C)(C)C)cc(c1O)Cc1ccc3c(c1OC)c1c4ccccc4c3c3ccc(c(OC)c31)Cc1cc(C(C)(C)C)cc(c1O)C2. The Morgan fingerprint density at radius 3 is 0.770 bits per heavy atom. The maximum atomic E-state index is 12.7. The van der Waals surface area contributed by atoms with Gasteiger partial charge in [-0.05, 0) is 120 Å². The van der Waals surface area contributed by atoms with Crippen molar-refractivity contribution in [3.63, 3.8) is 0 Å². The smallest absolute Gasteiger partial charge is 0.130 e. The lowest BCUT2D eigenvalue weighted by Gasteiger charge is -2.26. The summed E-state index contributed by atoms with van der Waals surface area (Å²) < 4.78 is 26.4. The Bertz CT molecular complexity index is 3860. The summed E-state index contributed by atoms with van der Waals surface area (Å²) in [4.78, 5) is 0. The number of aromatic hydroxyl groups is 2. The number of fused-ring (bicyclic) bond motifs is 8. The van der Waals surface area contributed by atoms with Crippen molar-refractivity contribution >= 4 is 86.2 Å². The molecular weight excluding hydrogens is 913 g/mol. The number of hydrogen-bond donors (Lipinski definition) is 2. The van der Waals surface area contributed by atoms with Crippen molar-refractivity contribution in [1.82, 2.24) is 0 Å². The van der Waals surface area contributed by atoms with Crippen LogP contribution < -0.4 is 18.9 Å². The fraction of sp³-hybridized carbons (Fsp3) is 0.235. The van der Waals surface area contributed by atoms with Gasteiger partial charge in [-0.1, -0.05) is 163 Å². The zero-order chi connectivity index (χ0) is 51.3. The average molecular weight is 973 g/mol. The first-order valence-electron chi connectivity index (χ1n) is 25.8. The predicted molar refractivity (Wildman–Crippen MR) is 306 cm³/mol. The summed E-state index contributed by atoms with van der Waals surface area (Å²) in [5.74, 6) is 3.64. The van der Waals surface area contributed by atoms with E-state index in [1.54, 1.807) is 28.4 Å². The molecule has 1 aliphatic rings. The number of ether oxygens (including phenoxy) is 4. The minimum atomic E-state index is -0.216. The van der Waals surface area contributed by atoms with E-state index in [1.807, 2.05) is 0 Å². The van der Waals surface area contributed by atoms with Gasteiger partial charge in [0.05, 0.1) is 28.4 Å². The number of methoxy groups -OCH3 is 4. The van der Waals surface area contributed by atoms with Crippen molar-refractivity contribution in [3.8, 4) is 34.5 Å². The van der Waals surface area contributed by atoms with Gasteiger partial charge in [0, 0.05) is 58.0 Å². The zero-order valence-electron chi connectivity index (χ0n) is 43.9. The van der Waals surface area contributed by atoms with Crippen molar-refractivity contribution in [2.45, 2.75) is 78.1 Å². The van der Waals surface area contributed by atoms with E-state index in [4.69, 9.17) is 18.9 Å². The zero-order valence-corrected chi connectivity index (χ0v) is 43.9. The van der Waals surface area contributed by atoms with Crippen molar-refractivity contribution in [1.29, 1.82) is 0 Å². The third kappa shape index (κ3) is 6.49. The molecule has 0 heterocycles. The fourth-order valence-corrected chi connectivity index (χ4v) is 13.1. The summed E-state index contributed by atoms with van der Waals surface area (Å²) in [6, 6.07) is 43.7. The summed E-state index contributed by atoms with van der Waals surface area (Å²) in [6.07, 6.45) is 1.75. The molecule has 1 aliphatic carbocycles. The minimum absolute atomic E-state index is 0.216. The molecule has 0 radical (unpaired) electrons. The summed E-state index contributed by atoms with van der Waals surface area (Å²) in [7, 11) is 7.05. The van der Waals surface area contributed by atoms with Gasteiger partial charge in [-0.2, -0.15) is 0 Å². The molecule has 2 N–H and O–H groups in total. The second kappa shape index (κ2) is 16.3.